The van der Waals surface area contributed by atoms with Gasteiger partial charge in [0, 0.05) is 23.4 Å². The molecule has 3 nitrogen and oxygen atoms in total. The largest absolute Gasteiger partial charge is 0.392 e. The van der Waals surface area contributed by atoms with Crippen LogP contribution < -0.4 is 0 Å². The molecule has 168 valence electrons. The molecule has 0 radical (unpaired) electrons. The molecule has 29 heavy (non-hydrogen) atoms. The van der Waals surface area contributed by atoms with Crippen LogP contribution in [0, 0.1) is 46.3 Å². The van der Waals surface area contributed by atoms with E-state index in [2.05, 4.69) is 69.2 Å². The summed E-state index contributed by atoms with van der Waals surface area (Å²) in [7, 11) is 0. The summed E-state index contributed by atoms with van der Waals surface area (Å²) in [6.07, 6.45) is 1.55. The van der Waals surface area contributed by atoms with Crippen LogP contribution in [0.1, 0.15) is 82.1 Å². The van der Waals surface area contributed by atoms with Gasteiger partial charge in [0.05, 0.1) is 17.8 Å². The molecule has 3 aliphatic rings. The zero-order valence-corrected chi connectivity index (χ0v) is 20.5. The fourth-order valence-electron chi connectivity index (χ4n) is 8.40. The second-order valence-corrected chi connectivity index (χ2v) is 11.7. The fraction of sp³-hybridized carbons (Fsp3) is 0.923. The Morgan fingerprint density at radius 1 is 1.07 bits per heavy atom. The van der Waals surface area contributed by atoms with Gasteiger partial charge in [-0.1, -0.05) is 66.5 Å². The minimum Gasteiger partial charge on any atom is -0.392 e. The highest BCUT2D eigenvalue weighted by Gasteiger charge is 2.65. The third kappa shape index (κ3) is 2.93. The summed E-state index contributed by atoms with van der Waals surface area (Å²) in [6.45, 7) is 23.1. The van der Waals surface area contributed by atoms with E-state index in [0.717, 1.165) is 19.4 Å². The van der Waals surface area contributed by atoms with E-state index >= 15 is 0 Å². The van der Waals surface area contributed by atoms with Crippen molar-refractivity contribution in [2.75, 3.05) is 6.61 Å². The van der Waals surface area contributed by atoms with Crippen molar-refractivity contribution in [1.29, 1.82) is 0 Å². The Kier molecular flexibility index (Phi) is 5.90. The highest BCUT2D eigenvalue weighted by molar-refractivity contribution is 5.35. The summed E-state index contributed by atoms with van der Waals surface area (Å²) in [5.74, 6) is 1.30. The molecule has 3 aliphatic carbocycles. The summed E-state index contributed by atoms with van der Waals surface area (Å²) in [6, 6.07) is 0. The van der Waals surface area contributed by atoms with Gasteiger partial charge in [0.15, 0.2) is 0 Å². The van der Waals surface area contributed by atoms with Gasteiger partial charge < -0.3 is 14.9 Å². The standard InChI is InChI=1S/C26H46O3/c1-11-29-20-12-15(3)25(10)22(17(20)5)19(7)26(28)13-14(2)16(4)21(24(26,8)9)18(6)23(25)27/h14-15,17-20,22-23,27-28H,11-13H2,1-10H3/t14-,15-,17-,18-,19-,20+,22-,23-,25+,26+/m0/s1. The lowest BCUT2D eigenvalue weighted by Crippen LogP contribution is -2.67. The molecule has 3 rings (SSSR count). The molecule has 0 heterocycles. The Morgan fingerprint density at radius 3 is 2.21 bits per heavy atom. The predicted octanol–water partition coefficient (Wildman–Crippen LogP) is 5.45. The van der Waals surface area contributed by atoms with E-state index in [4.69, 9.17) is 4.74 Å². The van der Waals surface area contributed by atoms with Crippen LogP contribution in [-0.4, -0.2) is 34.6 Å². The summed E-state index contributed by atoms with van der Waals surface area (Å²) in [4.78, 5) is 0. The van der Waals surface area contributed by atoms with E-state index in [9.17, 15) is 10.2 Å². The van der Waals surface area contributed by atoms with Gasteiger partial charge in [-0.25, -0.2) is 0 Å². The van der Waals surface area contributed by atoms with Crippen molar-refractivity contribution in [1.82, 2.24) is 0 Å². The molecular weight excluding hydrogens is 360 g/mol. The first-order valence-corrected chi connectivity index (χ1v) is 12.0. The van der Waals surface area contributed by atoms with Crippen molar-refractivity contribution in [2.45, 2.75) is 99.9 Å². The monoisotopic (exact) mass is 406 g/mol. The first-order valence-electron chi connectivity index (χ1n) is 12.0. The molecule has 0 aromatic carbocycles. The zero-order valence-electron chi connectivity index (χ0n) is 20.5. The molecule has 0 aliphatic heterocycles. The van der Waals surface area contributed by atoms with Gasteiger partial charge in [-0.2, -0.15) is 0 Å². The minimum atomic E-state index is -0.788. The molecule has 0 aromatic heterocycles. The van der Waals surface area contributed by atoms with Gasteiger partial charge in [0.1, 0.15) is 0 Å². The Balaban J connectivity index is 2.26. The Morgan fingerprint density at radius 2 is 1.66 bits per heavy atom. The quantitative estimate of drug-likeness (QED) is 0.600. The van der Waals surface area contributed by atoms with Crippen molar-refractivity contribution in [2.24, 2.45) is 46.3 Å². The topological polar surface area (TPSA) is 49.7 Å². The van der Waals surface area contributed by atoms with Crippen LogP contribution in [-0.2, 0) is 4.74 Å². The molecular formula is C26H46O3. The van der Waals surface area contributed by atoms with Crippen LogP contribution in [0.15, 0.2) is 11.1 Å². The smallest absolute Gasteiger partial charge is 0.0769 e. The lowest BCUT2D eigenvalue weighted by atomic mass is 9.41. The predicted molar refractivity (Wildman–Crippen MR) is 120 cm³/mol. The van der Waals surface area contributed by atoms with Crippen LogP contribution >= 0.6 is 0 Å². The van der Waals surface area contributed by atoms with Crippen LogP contribution in [0.2, 0.25) is 0 Å². The normalized spacial score (nSPS) is 52.6. The minimum absolute atomic E-state index is 0.0394. The summed E-state index contributed by atoms with van der Waals surface area (Å²) in [5.41, 5.74) is 1.28. The molecule has 2 bridgehead atoms. The maximum absolute atomic E-state index is 12.4. The van der Waals surface area contributed by atoms with Crippen molar-refractivity contribution in [3.05, 3.63) is 11.1 Å². The van der Waals surface area contributed by atoms with Gasteiger partial charge >= 0.3 is 0 Å². The highest BCUT2D eigenvalue weighted by atomic mass is 16.5. The number of hydrogen-bond donors (Lipinski definition) is 2. The molecule has 0 saturated heterocycles. The average molecular weight is 407 g/mol. The molecule has 0 amide bonds. The number of allylic oxidation sites excluding steroid dienone is 1. The van der Waals surface area contributed by atoms with Crippen LogP contribution in [0.3, 0.4) is 0 Å². The first-order chi connectivity index (χ1) is 13.3. The van der Waals surface area contributed by atoms with E-state index in [-0.39, 0.29) is 34.7 Å². The van der Waals surface area contributed by atoms with E-state index in [1.807, 2.05) is 0 Å². The number of rotatable bonds is 2. The van der Waals surface area contributed by atoms with Crippen LogP contribution in [0.25, 0.3) is 0 Å². The summed E-state index contributed by atoms with van der Waals surface area (Å²) in [5, 5.41) is 24.3. The summed E-state index contributed by atoms with van der Waals surface area (Å²) >= 11 is 0. The van der Waals surface area contributed by atoms with Crippen molar-refractivity contribution in [3.8, 4) is 0 Å². The van der Waals surface area contributed by atoms with E-state index in [1.165, 1.54) is 11.1 Å². The Hall–Kier alpha value is -0.380. The number of hydrogen-bond acceptors (Lipinski definition) is 3. The van der Waals surface area contributed by atoms with Crippen molar-refractivity contribution in [3.63, 3.8) is 0 Å². The van der Waals surface area contributed by atoms with E-state index in [1.54, 1.807) is 0 Å². The SMILES string of the molecule is CCO[C@@H]1C[C@H](C)[C@]2(C)[C@@H]([C@H]1C)[C@H](C)[C@]1(O)C[C@H](C)C(C)=C([C@H](C)[C@@H]2O)C1(C)C. The number of aliphatic hydroxyl groups excluding tert-OH is 1. The van der Waals surface area contributed by atoms with Crippen LogP contribution in [0.4, 0.5) is 0 Å². The third-order valence-corrected chi connectivity index (χ3v) is 10.3. The second-order valence-electron chi connectivity index (χ2n) is 11.7. The maximum atomic E-state index is 12.4. The van der Waals surface area contributed by atoms with Crippen LogP contribution in [0.5, 0.6) is 0 Å². The van der Waals surface area contributed by atoms with E-state index in [0.29, 0.717) is 17.8 Å². The molecule has 10 atom stereocenters. The highest BCUT2D eigenvalue weighted by Crippen LogP contribution is 2.65. The number of aliphatic hydroxyl groups is 2. The lowest BCUT2D eigenvalue weighted by molar-refractivity contribution is -0.228. The molecule has 2 N–H and O–H groups in total. The second kappa shape index (κ2) is 7.35. The lowest BCUT2D eigenvalue weighted by Gasteiger charge is -2.66. The molecule has 2 saturated carbocycles. The zero-order chi connectivity index (χ0) is 22.1. The molecule has 3 heteroatoms. The fourth-order valence-corrected chi connectivity index (χ4v) is 8.40. The van der Waals surface area contributed by atoms with Gasteiger partial charge in [-0.15, -0.1) is 0 Å². The number of fused-ring (bicyclic) bond motifs is 3. The average Bonchev–Trinajstić information content (AvgIpc) is 2.63. The number of ether oxygens (including phenoxy) is 1. The van der Waals surface area contributed by atoms with Crippen molar-refractivity contribution >= 4 is 0 Å². The molecule has 0 unspecified atom stereocenters. The van der Waals surface area contributed by atoms with E-state index < -0.39 is 11.7 Å². The molecule has 0 aromatic rings. The summed E-state index contributed by atoms with van der Waals surface area (Å²) < 4.78 is 6.20. The Labute approximate surface area is 179 Å². The van der Waals surface area contributed by atoms with Gasteiger partial charge in [0.25, 0.3) is 0 Å². The van der Waals surface area contributed by atoms with Gasteiger partial charge in [-0.3, -0.25) is 0 Å². The molecule has 2 fully saturated rings. The third-order valence-electron chi connectivity index (χ3n) is 10.3. The Bertz CT molecular complexity index is 667. The first kappa shape index (κ1) is 23.3. The van der Waals surface area contributed by atoms with Crippen molar-refractivity contribution < 1.29 is 14.9 Å². The maximum Gasteiger partial charge on any atom is 0.0769 e. The van der Waals surface area contributed by atoms with Gasteiger partial charge in [0.2, 0.25) is 0 Å². The van der Waals surface area contributed by atoms with Gasteiger partial charge in [-0.05, 0) is 56.3 Å². The molecule has 0 spiro atoms.